The van der Waals surface area contributed by atoms with E-state index in [9.17, 15) is 0 Å². The van der Waals surface area contributed by atoms with Gasteiger partial charge >= 0.3 is 7.12 Å². The lowest BCUT2D eigenvalue weighted by Gasteiger charge is -2.32. The maximum absolute atomic E-state index is 6.11. The summed E-state index contributed by atoms with van der Waals surface area (Å²) in [5.74, 6) is 0. The molecule has 0 saturated carbocycles. The Morgan fingerprint density at radius 2 is 1.60 bits per heavy atom. The van der Waals surface area contributed by atoms with E-state index >= 15 is 0 Å². The second-order valence-corrected chi connectivity index (χ2v) is 6.44. The Hall–Kier alpha value is -1.06. The van der Waals surface area contributed by atoms with Gasteiger partial charge in [-0.2, -0.15) is 0 Å². The van der Waals surface area contributed by atoms with Crippen molar-refractivity contribution >= 4 is 7.12 Å². The first-order chi connectivity index (χ1) is 9.36. The molecule has 1 heterocycles. The third-order valence-electron chi connectivity index (χ3n) is 4.47. The monoisotopic (exact) mass is 272 g/mol. The summed E-state index contributed by atoms with van der Waals surface area (Å²) in [6.07, 6.45) is 4.12. The molecule has 1 saturated heterocycles. The van der Waals surface area contributed by atoms with Crippen LogP contribution in [0.1, 0.15) is 46.6 Å². The van der Waals surface area contributed by atoms with E-state index in [0.717, 1.165) is 12.8 Å². The van der Waals surface area contributed by atoms with Gasteiger partial charge in [-0.1, -0.05) is 36.4 Å². The fourth-order valence-electron chi connectivity index (χ4n) is 2.33. The summed E-state index contributed by atoms with van der Waals surface area (Å²) in [7, 11) is -0.214. The summed E-state index contributed by atoms with van der Waals surface area (Å²) in [4.78, 5) is 0. The van der Waals surface area contributed by atoms with Crippen molar-refractivity contribution in [2.75, 3.05) is 0 Å². The summed E-state index contributed by atoms with van der Waals surface area (Å²) in [5.41, 5.74) is 2.05. The minimum absolute atomic E-state index is 0.214. The van der Waals surface area contributed by atoms with Crippen molar-refractivity contribution in [1.29, 1.82) is 0 Å². The van der Waals surface area contributed by atoms with Crippen LogP contribution in [0.5, 0.6) is 0 Å². The van der Waals surface area contributed by atoms with E-state index < -0.39 is 0 Å². The van der Waals surface area contributed by atoms with Crippen LogP contribution in [0, 0.1) is 0 Å². The SMILES string of the molecule is C/C=C(/CCc1ccccc1)B1OC(C)(C)C(C)(C)O1. The lowest BCUT2D eigenvalue weighted by molar-refractivity contribution is 0.00578. The zero-order valence-electron chi connectivity index (χ0n) is 13.3. The predicted molar refractivity (Wildman–Crippen MR) is 84.6 cm³/mol. The number of hydrogen-bond donors (Lipinski definition) is 0. The van der Waals surface area contributed by atoms with Crippen LogP contribution in [0.4, 0.5) is 0 Å². The highest BCUT2D eigenvalue weighted by Crippen LogP contribution is 2.39. The second kappa shape index (κ2) is 5.75. The molecule has 1 aliphatic heterocycles. The number of aryl methyl sites for hydroxylation is 1. The zero-order chi connectivity index (χ0) is 14.8. The highest BCUT2D eigenvalue weighted by atomic mass is 16.7. The number of rotatable bonds is 4. The molecule has 0 amide bonds. The molecule has 0 aliphatic carbocycles. The first-order valence-corrected chi connectivity index (χ1v) is 7.40. The van der Waals surface area contributed by atoms with Gasteiger partial charge in [0.1, 0.15) is 0 Å². The van der Waals surface area contributed by atoms with Crippen molar-refractivity contribution in [1.82, 2.24) is 0 Å². The van der Waals surface area contributed by atoms with Gasteiger partial charge in [0.2, 0.25) is 0 Å². The topological polar surface area (TPSA) is 18.5 Å². The molecule has 0 bridgehead atoms. The van der Waals surface area contributed by atoms with Crippen molar-refractivity contribution in [2.45, 2.75) is 58.7 Å². The van der Waals surface area contributed by atoms with Gasteiger partial charge in [-0.3, -0.25) is 0 Å². The summed E-state index contributed by atoms with van der Waals surface area (Å²) in [5, 5.41) is 0. The molecule has 108 valence electrons. The summed E-state index contributed by atoms with van der Waals surface area (Å²) >= 11 is 0. The van der Waals surface area contributed by atoms with Gasteiger partial charge in [-0.05, 0) is 58.5 Å². The van der Waals surface area contributed by atoms with Crippen LogP contribution in [0.25, 0.3) is 0 Å². The van der Waals surface area contributed by atoms with Crippen molar-refractivity contribution in [3.05, 3.63) is 47.4 Å². The number of hydrogen-bond acceptors (Lipinski definition) is 2. The zero-order valence-corrected chi connectivity index (χ0v) is 13.3. The fraction of sp³-hybridized carbons (Fsp3) is 0.529. The number of benzene rings is 1. The Morgan fingerprint density at radius 3 is 2.10 bits per heavy atom. The molecule has 0 radical (unpaired) electrons. The third kappa shape index (κ3) is 3.16. The highest BCUT2D eigenvalue weighted by Gasteiger charge is 2.51. The van der Waals surface area contributed by atoms with Gasteiger partial charge in [0.15, 0.2) is 0 Å². The largest absolute Gasteiger partial charge is 0.490 e. The molecule has 2 rings (SSSR count). The molecule has 1 aromatic rings. The third-order valence-corrected chi connectivity index (χ3v) is 4.47. The predicted octanol–water partition coefficient (Wildman–Crippen LogP) is 4.20. The minimum atomic E-state index is -0.265. The van der Waals surface area contributed by atoms with E-state index in [1.165, 1.54) is 11.0 Å². The average molecular weight is 272 g/mol. The molecular formula is C17H25BO2. The minimum Gasteiger partial charge on any atom is -0.400 e. The average Bonchev–Trinajstić information content (AvgIpc) is 2.60. The first-order valence-electron chi connectivity index (χ1n) is 7.40. The Balaban J connectivity index is 2.01. The molecule has 1 aromatic carbocycles. The molecule has 0 unspecified atom stereocenters. The number of allylic oxidation sites excluding steroid dienone is 2. The Morgan fingerprint density at radius 1 is 1.05 bits per heavy atom. The van der Waals surface area contributed by atoms with Crippen LogP contribution in [0.15, 0.2) is 41.9 Å². The molecule has 0 atom stereocenters. The van der Waals surface area contributed by atoms with E-state index in [2.05, 4.69) is 65.0 Å². The molecule has 0 N–H and O–H groups in total. The van der Waals surface area contributed by atoms with Crippen molar-refractivity contribution in [2.24, 2.45) is 0 Å². The van der Waals surface area contributed by atoms with Crippen LogP contribution < -0.4 is 0 Å². The molecular weight excluding hydrogens is 247 g/mol. The summed E-state index contributed by atoms with van der Waals surface area (Å²) < 4.78 is 12.2. The molecule has 0 aromatic heterocycles. The van der Waals surface area contributed by atoms with Gasteiger partial charge in [-0.25, -0.2) is 0 Å². The molecule has 1 fully saturated rings. The van der Waals surface area contributed by atoms with Crippen LogP contribution >= 0.6 is 0 Å². The van der Waals surface area contributed by atoms with Crippen LogP contribution in [0.2, 0.25) is 0 Å². The van der Waals surface area contributed by atoms with Crippen LogP contribution in [0.3, 0.4) is 0 Å². The van der Waals surface area contributed by atoms with E-state index in [4.69, 9.17) is 9.31 Å². The Bertz CT molecular complexity index is 461. The van der Waals surface area contributed by atoms with Gasteiger partial charge in [0.25, 0.3) is 0 Å². The van der Waals surface area contributed by atoms with E-state index in [1.807, 2.05) is 6.07 Å². The van der Waals surface area contributed by atoms with E-state index in [1.54, 1.807) is 0 Å². The highest BCUT2D eigenvalue weighted by molar-refractivity contribution is 6.54. The lowest BCUT2D eigenvalue weighted by atomic mass is 9.75. The van der Waals surface area contributed by atoms with E-state index in [-0.39, 0.29) is 18.3 Å². The van der Waals surface area contributed by atoms with Crippen LogP contribution in [-0.4, -0.2) is 18.3 Å². The van der Waals surface area contributed by atoms with Gasteiger partial charge < -0.3 is 9.31 Å². The maximum atomic E-state index is 6.11. The van der Waals surface area contributed by atoms with Gasteiger partial charge in [0.05, 0.1) is 11.2 Å². The van der Waals surface area contributed by atoms with Crippen molar-refractivity contribution in [3.63, 3.8) is 0 Å². The van der Waals surface area contributed by atoms with Gasteiger partial charge in [-0.15, -0.1) is 0 Å². The first kappa shape index (κ1) is 15.3. The lowest BCUT2D eigenvalue weighted by Crippen LogP contribution is -2.41. The van der Waals surface area contributed by atoms with Crippen LogP contribution in [-0.2, 0) is 15.7 Å². The van der Waals surface area contributed by atoms with Gasteiger partial charge in [0, 0.05) is 0 Å². The molecule has 3 heteroatoms. The maximum Gasteiger partial charge on any atom is 0.490 e. The molecule has 2 nitrogen and oxygen atoms in total. The summed E-state index contributed by atoms with van der Waals surface area (Å²) in [6, 6.07) is 10.5. The Labute approximate surface area is 123 Å². The molecule has 1 aliphatic rings. The normalized spacial score (nSPS) is 21.2. The standard InChI is InChI=1S/C17H25BO2/c1-6-15(13-12-14-10-8-7-9-11-14)18-19-16(2,3)17(4,5)20-18/h6-11H,12-13H2,1-5H3/b15-6-. The van der Waals surface area contributed by atoms with E-state index in [0.29, 0.717) is 0 Å². The second-order valence-electron chi connectivity index (χ2n) is 6.44. The van der Waals surface area contributed by atoms with Crippen molar-refractivity contribution < 1.29 is 9.31 Å². The summed E-state index contributed by atoms with van der Waals surface area (Å²) in [6.45, 7) is 10.4. The Kier molecular flexibility index (Phi) is 4.41. The quantitative estimate of drug-likeness (QED) is 0.765. The molecule has 20 heavy (non-hydrogen) atoms. The fourth-order valence-corrected chi connectivity index (χ4v) is 2.33. The van der Waals surface area contributed by atoms with Crippen molar-refractivity contribution in [3.8, 4) is 0 Å². The smallest absolute Gasteiger partial charge is 0.400 e. The molecule has 0 spiro atoms.